The van der Waals surface area contributed by atoms with Crippen LogP contribution in [0.1, 0.15) is 28.6 Å². The van der Waals surface area contributed by atoms with Gasteiger partial charge in [0.25, 0.3) is 5.91 Å². The Hall–Kier alpha value is -1.88. The highest BCUT2D eigenvalue weighted by Crippen LogP contribution is 2.37. The predicted octanol–water partition coefficient (Wildman–Crippen LogP) is 6.32. The zero-order chi connectivity index (χ0) is 17.8. The molecule has 2 aromatic carbocycles. The lowest BCUT2D eigenvalue weighted by Gasteiger charge is -2.04. The van der Waals surface area contributed by atoms with Crippen molar-refractivity contribution in [2.45, 2.75) is 19.8 Å². The number of amides is 1. The average molecular weight is 391 g/mol. The summed E-state index contributed by atoms with van der Waals surface area (Å²) in [5, 5.41) is 4.58. The molecular formula is C19H16Cl2N2OS. The summed E-state index contributed by atoms with van der Waals surface area (Å²) in [6.45, 7) is 2.11. The Labute approximate surface area is 160 Å². The maximum absolute atomic E-state index is 12.4. The van der Waals surface area contributed by atoms with E-state index in [4.69, 9.17) is 23.2 Å². The lowest BCUT2D eigenvalue weighted by atomic mass is 10.1. The first kappa shape index (κ1) is 17.9. The summed E-state index contributed by atoms with van der Waals surface area (Å²) in [5.74, 6) is -0.175. The van der Waals surface area contributed by atoms with E-state index in [1.165, 1.54) is 11.3 Å². The first-order chi connectivity index (χ1) is 12.1. The van der Waals surface area contributed by atoms with Crippen molar-refractivity contribution in [1.82, 2.24) is 4.98 Å². The van der Waals surface area contributed by atoms with Crippen LogP contribution >= 0.6 is 34.5 Å². The van der Waals surface area contributed by atoms with Gasteiger partial charge in [0.15, 0.2) is 5.13 Å². The minimum atomic E-state index is -0.175. The Morgan fingerprint density at radius 1 is 1.16 bits per heavy atom. The molecule has 0 aliphatic heterocycles. The fraction of sp³-hybridized carbons (Fsp3) is 0.158. The van der Waals surface area contributed by atoms with E-state index in [0.717, 1.165) is 29.0 Å². The minimum Gasteiger partial charge on any atom is -0.298 e. The SMILES string of the molecule is CCCc1sc(NC(=O)c2ccccc2)nc1-c1ccc(Cl)cc1Cl. The van der Waals surface area contributed by atoms with Crippen LogP contribution in [0.2, 0.25) is 10.0 Å². The maximum atomic E-state index is 12.4. The van der Waals surface area contributed by atoms with Crippen LogP contribution in [0.4, 0.5) is 5.13 Å². The number of aromatic nitrogens is 1. The molecule has 0 saturated heterocycles. The van der Waals surface area contributed by atoms with Crippen molar-refractivity contribution >= 4 is 45.6 Å². The standard InChI is InChI=1S/C19H16Cl2N2OS/c1-2-6-16-17(14-10-9-13(20)11-15(14)21)22-19(25-16)23-18(24)12-7-4-3-5-8-12/h3-5,7-11H,2,6H2,1H3,(H,22,23,24). The van der Waals surface area contributed by atoms with Crippen LogP contribution in [-0.2, 0) is 6.42 Å². The van der Waals surface area contributed by atoms with Gasteiger partial charge in [0.05, 0.1) is 10.7 Å². The van der Waals surface area contributed by atoms with Gasteiger partial charge in [0.1, 0.15) is 0 Å². The van der Waals surface area contributed by atoms with Crippen molar-refractivity contribution in [3.63, 3.8) is 0 Å². The van der Waals surface area contributed by atoms with Crippen molar-refractivity contribution in [2.75, 3.05) is 5.32 Å². The van der Waals surface area contributed by atoms with E-state index in [1.807, 2.05) is 24.3 Å². The summed E-state index contributed by atoms with van der Waals surface area (Å²) in [7, 11) is 0. The number of rotatable bonds is 5. The molecule has 25 heavy (non-hydrogen) atoms. The van der Waals surface area contributed by atoms with E-state index in [2.05, 4.69) is 17.2 Å². The van der Waals surface area contributed by atoms with Crippen LogP contribution in [0.25, 0.3) is 11.3 Å². The number of anilines is 1. The summed E-state index contributed by atoms with van der Waals surface area (Å²) < 4.78 is 0. The number of benzene rings is 2. The zero-order valence-electron chi connectivity index (χ0n) is 13.6. The normalized spacial score (nSPS) is 10.7. The lowest BCUT2D eigenvalue weighted by molar-refractivity contribution is 0.102. The third kappa shape index (κ3) is 4.21. The highest BCUT2D eigenvalue weighted by atomic mass is 35.5. The second-order valence-corrected chi connectivity index (χ2v) is 7.41. The first-order valence-electron chi connectivity index (χ1n) is 7.90. The molecule has 0 unspecified atom stereocenters. The van der Waals surface area contributed by atoms with E-state index in [9.17, 15) is 4.79 Å². The van der Waals surface area contributed by atoms with E-state index in [-0.39, 0.29) is 5.91 Å². The van der Waals surface area contributed by atoms with Crippen molar-refractivity contribution in [2.24, 2.45) is 0 Å². The van der Waals surface area contributed by atoms with Crippen LogP contribution < -0.4 is 5.32 Å². The number of hydrogen-bond acceptors (Lipinski definition) is 3. The molecular weight excluding hydrogens is 375 g/mol. The largest absolute Gasteiger partial charge is 0.298 e. The van der Waals surface area contributed by atoms with Crippen molar-refractivity contribution in [1.29, 1.82) is 0 Å². The number of halogens is 2. The van der Waals surface area contributed by atoms with Crippen LogP contribution in [0.5, 0.6) is 0 Å². The Bertz CT molecular complexity index is 894. The molecule has 128 valence electrons. The van der Waals surface area contributed by atoms with Crippen LogP contribution in [0.3, 0.4) is 0 Å². The number of hydrogen-bond donors (Lipinski definition) is 1. The van der Waals surface area contributed by atoms with Crippen LogP contribution in [0.15, 0.2) is 48.5 Å². The molecule has 1 aromatic heterocycles. The molecule has 0 radical (unpaired) electrons. The first-order valence-corrected chi connectivity index (χ1v) is 9.47. The van der Waals surface area contributed by atoms with Gasteiger partial charge in [-0.3, -0.25) is 10.1 Å². The molecule has 3 aromatic rings. The molecule has 0 aliphatic rings. The number of carbonyl (C=O) groups excluding carboxylic acids is 1. The molecule has 3 rings (SSSR count). The van der Waals surface area contributed by atoms with Crippen molar-refractivity contribution < 1.29 is 4.79 Å². The van der Waals surface area contributed by atoms with Crippen LogP contribution in [0, 0.1) is 0 Å². The predicted molar refractivity (Wildman–Crippen MR) is 106 cm³/mol. The molecule has 1 amide bonds. The van der Waals surface area contributed by atoms with E-state index < -0.39 is 0 Å². The van der Waals surface area contributed by atoms with Gasteiger partial charge in [-0.15, -0.1) is 11.3 Å². The fourth-order valence-electron chi connectivity index (χ4n) is 2.45. The molecule has 0 fully saturated rings. The van der Waals surface area contributed by atoms with Gasteiger partial charge in [-0.25, -0.2) is 4.98 Å². The number of nitrogens with zero attached hydrogens (tertiary/aromatic N) is 1. The molecule has 6 heteroatoms. The number of thiazole rings is 1. The second kappa shape index (κ2) is 8.00. The Kier molecular flexibility index (Phi) is 5.74. The highest BCUT2D eigenvalue weighted by Gasteiger charge is 2.17. The van der Waals surface area contributed by atoms with Gasteiger partial charge in [-0.1, -0.05) is 54.7 Å². The van der Waals surface area contributed by atoms with Crippen molar-refractivity contribution in [3.05, 3.63) is 69.0 Å². The molecule has 0 aliphatic carbocycles. The van der Waals surface area contributed by atoms with Gasteiger partial charge in [0.2, 0.25) is 0 Å². The summed E-state index contributed by atoms with van der Waals surface area (Å²) in [4.78, 5) is 18.1. The molecule has 0 atom stereocenters. The summed E-state index contributed by atoms with van der Waals surface area (Å²) in [6, 6.07) is 14.4. The molecule has 1 N–H and O–H groups in total. The lowest BCUT2D eigenvalue weighted by Crippen LogP contribution is -2.11. The zero-order valence-corrected chi connectivity index (χ0v) is 15.9. The maximum Gasteiger partial charge on any atom is 0.257 e. The molecule has 1 heterocycles. The summed E-state index contributed by atoms with van der Waals surface area (Å²) in [6.07, 6.45) is 1.85. The smallest absolute Gasteiger partial charge is 0.257 e. The number of nitrogens with one attached hydrogen (secondary N) is 1. The monoisotopic (exact) mass is 390 g/mol. The van der Waals surface area contributed by atoms with Crippen molar-refractivity contribution in [3.8, 4) is 11.3 Å². The highest BCUT2D eigenvalue weighted by molar-refractivity contribution is 7.16. The second-order valence-electron chi connectivity index (χ2n) is 5.49. The van der Waals surface area contributed by atoms with Gasteiger partial charge in [-0.2, -0.15) is 0 Å². The summed E-state index contributed by atoms with van der Waals surface area (Å²) >= 11 is 13.8. The minimum absolute atomic E-state index is 0.175. The number of aryl methyl sites for hydroxylation is 1. The van der Waals surface area contributed by atoms with E-state index in [0.29, 0.717) is 20.7 Å². The molecule has 0 spiro atoms. The quantitative estimate of drug-likeness (QED) is 0.553. The van der Waals surface area contributed by atoms with E-state index >= 15 is 0 Å². The fourth-order valence-corrected chi connectivity index (χ4v) is 4.02. The summed E-state index contributed by atoms with van der Waals surface area (Å²) in [5.41, 5.74) is 2.23. The third-order valence-corrected chi connectivity index (χ3v) is 5.20. The Morgan fingerprint density at radius 3 is 2.60 bits per heavy atom. The third-order valence-electron chi connectivity index (χ3n) is 3.62. The topological polar surface area (TPSA) is 42.0 Å². The molecule has 3 nitrogen and oxygen atoms in total. The van der Waals surface area contributed by atoms with E-state index in [1.54, 1.807) is 24.3 Å². The van der Waals surface area contributed by atoms with Gasteiger partial charge in [0, 0.05) is 21.0 Å². The average Bonchev–Trinajstić information content (AvgIpc) is 2.98. The number of carbonyl (C=O) groups is 1. The van der Waals surface area contributed by atoms with Crippen LogP contribution in [-0.4, -0.2) is 10.9 Å². The molecule has 0 saturated carbocycles. The van der Waals surface area contributed by atoms with Gasteiger partial charge < -0.3 is 0 Å². The van der Waals surface area contributed by atoms with Gasteiger partial charge >= 0.3 is 0 Å². The molecule has 0 bridgehead atoms. The van der Waals surface area contributed by atoms with Gasteiger partial charge in [-0.05, 0) is 36.8 Å². The Balaban J connectivity index is 1.93. The Morgan fingerprint density at radius 2 is 1.92 bits per heavy atom.